The Morgan fingerprint density at radius 2 is 2.24 bits per heavy atom. The van der Waals surface area contributed by atoms with Crippen LogP contribution in [0.2, 0.25) is 0 Å². The molecule has 0 saturated heterocycles. The van der Waals surface area contributed by atoms with Crippen LogP contribution in [0.5, 0.6) is 0 Å². The molecular formula is C12H19N5. The molecule has 1 aromatic rings. The predicted molar refractivity (Wildman–Crippen MR) is 69.0 cm³/mol. The van der Waals surface area contributed by atoms with E-state index in [-0.39, 0.29) is 5.92 Å². The molecule has 0 spiro atoms. The zero-order valence-corrected chi connectivity index (χ0v) is 10.9. The summed E-state index contributed by atoms with van der Waals surface area (Å²) in [5.74, 6) is 2.38. The first-order chi connectivity index (χ1) is 8.06. The fraction of sp³-hybridized carbons (Fsp3) is 0.583. The van der Waals surface area contributed by atoms with E-state index in [1.54, 1.807) is 0 Å². The first-order valence-electron chi connectivity index (χ1n) is 5.77. The smallest absolute Gasteiger partial charge is 0.134 e. The monoisotopic (exact) mass is 233 g/mol. The number of nitrogens with one attached hydrogen (secondary N) is 1. The SMILES string of the molecule is CCNc1cc(N(C)CC(C)C#N)nc(C)n1. The van der Waals surface area contributed by atoms with Crippen molar-refractivity contribution in [2.45, 2.75) is 20.8 Å². The van der Waals surface area contributed by atoms with Crippen LogP contribution in [-0.2, 0) is 0 Å². The molecular weight excluding hydrogens is 214 g/mol. The van der Waals surface area contributed by atoms with E-state index in [0.717, 1.165) is 24.0 Å². The number of nitriles is 1. The number of nitrogens with zero attached hydrogens (tertiary/aromatic N) is 4. The Kier molecular flexibility index (Phi) is 4.70. The van der Waals surface area contributed by atoms with E-state index >= 15 is 0 Å². The van der Waals surface area contributed by atoms with Crippen LogP contribution < -0.4 is 10.2 Å². The van der Waals surface area contributed by atoms with E-state index in [4.69, 9.17) is 5.26 Å². The van der Waals surface area contributed by atoms with Gasteiger partial charge in [0.2, 0.25) is 0 Å². The molecule has 0 amide bonds. The van der Waals surface area contributed by atoms with Crippen molar-refractivity contribution < 1.29 is 0 Å². The third-order valence-electron chi connectivity index (χ3n) is 2.34. The van der Waals surface area contributed by atoms with Gasteiger partial charge in [0.25, 0.3) is 0 Å². The van der Waals surface area contributed by atoms with E-state index < -0.39 is 0 Å². The maximum Gasteiger partial charge on any atom is 0.134 e. The highest BCUT2D eigenvalue weighted by Crippen LogP contribution is 2.15. The topological polar surface area (TPSA) is 64.8 Å². The summed E-state index contributed by atoms with van der Waals surface area (Å²) >= 11 is 0. The second-order valence-electron chi connectivity index (χ2n) is 4.10. The third-order valence-corrected chi connectivity index (χ3v) is 2.34. The molecule has 1 rings (SSSR count). The molecule has 0 bridgehead atoms. The lowest BCUT2D eigenvalue weighted by molar-refractivity contribution is 0.708. The van der Waals surface area contributed by atoms with Gasteiger partial charge in [0.05, 0.1) is 12.0 Å². The van der Waals surface area contributed by atoms with Crippen LogP contribution in [0.25, 0.3) is 0 Å². The lowest BCUT2D eigenvalue weighted by Crippen LogP contribution is -2.24. The van der Waals surface area contributed by atoms with Gasteiger partial charge in [-0.05, 0) is 20.8 Å². The summed E-state index contributed by atoms with van der Waals surface area (Å²) in [4.78, 5) is 10.6. The molecule has 5 heteroatoms. The van der Waals surface area contributed by atoms with E-state index in [2.05, 4.69) is 21.4 Å². The zero-order chi connectivity index (χ0) is 12.8. The highest BCUT2D eigenvalue weighted by molar-refractivity contribution is 5.49. The number of anilines is 2. The van der Waals surface area contributed by atoms with Crippen molar-refractivity contribution in [2.75, 3.05) is 30.4 Å². The average Bonchev–Trinajstić information content (AvgIpc) is 2.28. The minimum atomic E-state index is -0.0159. The maximum atomic E-state index is 8.80. The molecule has 0 fully saturated rings. The van der Waals surface area contributed by atoms with Gasteiger partial charge in [-0.2, -0.15) is 5.26 Å². The minimum Gasteiger partial charge on any atom is -0.370 e. The van der Waals surface area contributed by atoms with Gasteiger partial charge in [-0.25, -0.2) is 9.97 Å². The first-order valence-corrected chi connectivity index (χ1v) is 5.77. The Morgan fingerprint density at radius 1 is 1.53 bits per heavy atom. The Hall–Kier alpha value is -1.83. The second-order valence-corrected chi connectivity index (χ2v) is 4.10. The van der Waals surface area contributed by atoms with Crippen LogP contribution in [0.3, 0.4) is 0 Å². The Labute approximate surface area is 102 Å². The molecule has 0 aliphatic heterocycles. The molecule has 92 valence electrons. The molecule has 0 aliphatic carbocycles. The molecule has 0 aromatic carbocycles. The molecule has 1 heterocycles. The van der Waals surface area contributed by atoms with Gasteiger partial charge in [-0.1, -0.05) is 0 Å². The molecule has 5 nitrogen and oxygen atoms in total. The van der Waals surface area contributed by atoms with Crippen LogP contribution in [0.4, 0.5) is 11.6 Å². The molecule has 1 N–H and O–H groups in total. The molecule has 0 saturated carbocycles. The predicted octanol–water partition coefficient (Wildman–Crippen LogP) is 1.81. The Balaban J connectivity index is 2.86. The lowest BCUT2D eigenvalue weighted by atomic mass is 10.2. The largest absolute Gasteiger partial charge is 0.370 e. The number of hydrogen-bond donors (Lipinski definition) is 1. The van der Waals surface area contributed by atoms with Crippen molar-refractivity contribution in [3.05, 3.63) is 11.9 Å². The first kappa shape index (κ1) is 13.2. The fourth-order valence-electron chi connectivity index (χ4n) is 1.56. The van der Waals surface area contributed by atoms with Crippen molar-refractivity contribution in [1.82, 2.24) is 9.97 Å². The summed E-state index contributed by atoms with van der Waals surface area (Å²) in [7, 11) is 1.94. The summed E-state index contributed by atoms with van der Waals surface area (Å²) in [5, 5.41) is 12.0. The van der Waals surface area contributed by atoms with Gasteiger partial charge >= 0.3 is 0 Å². The molecule has 1 aromatic heterocycles. The normalized spacial score (nSPS) is 11.7. The zero-order valence-electron chi connectivity index (χ0n) is 10.9. The Bertz CT molecular complexity index is 410. The van der Waals surface area contributed by atoms with Crippen LogP contribution in [0.15, 0.2) is 6.07 Å². The van der Waals surface area contributed by atoms with Gasteiger partial charge in [-0.3, -0.25) is 0 Å². The van der Waals surface area contributed by atoms with Crippen molar-refractivity contribution in [2.24, 2.45) is 5.92 Å². The molecule has 1 unspecified atom stereocenters. The van der Waals surface area contributed by atoms with Crippen LogP contribution in [0, 0.1) is 24.2 Å². The van der Waals surface area contributed by atoms with E-state index in [0.29, 0.717) is 6.54 Å². The van der Waals surface area contributed by atoms with E-state index in [1.807, 2.05) is 38.8 Å². The van der Waals surface area contributed by atoms with Crippen LogP contribution in [0.1, 0.15) is 19.7 Å². The summed E-state index contributed by atoms with van der Waals surface area (Å²) in [5.41, 5.74) is 0. The summed E-state index contributed by atoms with van der Waals surface area (Å²) < 4.78 is 0. The van der Waals surface area contributed by atoms with Crippen molar-refractivity contribution >= 4 is 11.6 Å². The molecule has 17 heavy (non-hydrogen) atoms. The standard InChI is InChI=1S/C12H19N5/c1-5-14-11-6-12(16-10(3)15-11)17(4)8-9(2)7-13/h6,9H,5,8H2,1-4H3,(H,14,15,16). The second kappa shape index (κ2) is 6.04. The average molecular weight is 233 g/mol. The number of aryl methyl sites for hydroxylation is 1. The molecule has 0 radical (unpaired) electrons. The van der Waals surface area contributed by atoms with Crippen molar-refractivity contribution in [3.63, 3.8) is 0 Å². The molecule has 0 aliphatic rings. The van der Waals surface area contributed by atoms with Gasteiger partial charge in [0, 0.05) is 26.2 Å². The summed E-state index contributed by atoms with van der Waals surface area (Å²) in [6, 6.07) is 4.12. The van der Waals surface area contributed by atoms with E-state index in [1.165, 1.54) is 0 Å². The van der Waals surface area contributed by atoms with E-state index in [9.17, 15) is 0 Å². The van der Waals surface area contributed by atoms with Crippen molar-refractivity contribution in [1.29, 1.82) is 5.26 Å². The summed E-state index contributed by atoms with van der Waals surface area (Å²) in [6.45, 7) is 7.28. The lowest BCUT2D eigenvalue weighted by Gasteiger charge is -2.20. The van der Waals surface area contributed by atoms with Crippen LogP contribution >= 0.6 is 0 Å². The van der Waals surface area contributed by atoms with Crippen LogP contribution in [-0.4, -0.2) is 30.1 Å². The van der Waals surface area contributed by atoms with Gasteiger partial charge in [0.15, 0.2) is 0 Å². The van der Waals surface area contributed by atoms with Gasteiger partial charge in [0.1, 0.15) is 17.5 Å². The highest BCUT2D eigenvalue weighted by Gasteiger charge is 2.09. The third kappa shape index (κ3) is 3.91. The minimum absolute atomic E-state index is 0.0159. The van der Waals surface area contributed by atoms with Gasteiger partial charge in [-0.15, -0.1) is 0 Å². The summed E-state index contributed by atoms with van der Waals surface area (Å²) in [6.07, 6.45) is 0. The highest BCUT2D eigenvalue weighted by atomic mass is 15.2. The quantitative estimate of drug-likeness (QED) is 0.840. The number of rotatable bonds is 5. The Morgan fingerprint density at radius 3 is 2.82 bits per heavy atom. The maximum absolute atomic E-state index is 8.80. The molecule has 1 atom stereocenters. The van der Waals surface area contributed by atoms with Crippen molar-refractivity contribution in [3.8, 4) is 6.07 Å². The fourth-order valence-corrected chi connectivity index (χ4v) is 1.56. The number of aromatic nitrogens is 2. The van der Waals surface area contributed by atoms with Gasteiger partial charge < -0.3 is 10.2 Å². The number of hydrogen-bond acceptors (Lipinski definition) is 5.